The van der Waals surface area contributed by atoms with E-state index in [1.54, 1.807) is 4.90 Å². The molecule has 0 spiro atoms. The lowest BCUT2D eigenvalue weighted by atomic mass is 10.2. The summed E-state index contributed by atoms with van der Waals surface area (Å²) in [6.07, 6.45) is 0. The number of rotatable bonds is 4. The number of hydrogen-bond donors (Lipinski definition) is 0. The van der Waals surface area contributed by atoms with E-state index in [4.69, 9.17) is 0 Å². The summed E-state index contributed by atoms with van der Waals surface area (Å²) in [6, 6.07) is 14.7. The maximum Gasteiger partial charge on any atom is 0.264 e. The van der Waals surface area contributed by atoms with Crippen molar-refractivity contribution < 1.29 is 17.6 Å². The van der Waals surface area contributed by atoms with Crippen LogP contribution >= 0.6 is 11.3 Å². The van der Waals surface area contributed by atoms with Crippen molar-refractivity contribution in [2.45, 2.75) is 18.7 Å². The molecule has 2 aromatic heterocycles. The molecule has 176 valence electrons. The number of amides is 1. The van der Waals surface area contributed by atoms with E-state index in [1.807, 2.05) is 48.9 Å². The topological polar surface area (TPSA) is 75.5 Å². The monoisotopic (exact) mass is 498 g/mol. The molecule has 1 aliphatic rings. The van der Waals surface area contributed by atoms with Crippen LogP contribution in [-0.2, 0) is 10.0 Å². The Morgan fingerprint density at radius 2 is 1.62 bits per heavy atom. The van der Waals surface area contributed by atoms with Gasteiger partial charge in [-0.2, -0.15) is 9.40 Å². The van der Waals surface area contributed by atoms with Crippen LogP contribution in [0, 0.1) is 19.7 Å². The fourth-order valence-electron chi connectivity index (χ4n) is 4.06. The van der Waals surface area contributed by atoms with Crippen LogP contribution in [0.5, 0.6) is 0 Å². The van der Waals surface area contributed by atoms with Crippen molar-refractivity contribution in [3.8, 4) is 5.69 Å². The van der Waals surface area contributed by atoms with Crippen LogP contribution in [0.25, 0.3) is 15.9 Å². The van der Waals surface area contributed by atoms with Gasteiger partial charge in [0.2, 0.25) is 10.0 Å². The maximum atomic E-state index is 13.2. The largest absolute Gasteiger partial charge is 0.335 e. The fraction of sp³-hybridized carbons (Fsp3) is 0.250. The highest BCUT2D eigenvalue weighted by atomic mass is 32.2. The SMILES string of the molecule is Cc1ccc(-n2nc(C)c3cc(C(=O)N4CCN(S(=O)(=O)c5ccc(F)cc5)CC4)sc32)cc1. The molecule has 7 nitrogen and oxygen atoms in total. The predicted octanol–water partition coefficient (Wildman–Crippen LogP) is 3.99. The number of halogens is 1. The minimum absolute atomic E-state index is 0.0503. The molecule has 10 heteroatoms. The number of aromatic nitrogens is 2. The molecule has 0 radical (unpaired) electrons. The van der Waals surface area contributed by atoms with Crippen LogP contribution in [0.3, 0.4) is 0 Å². The molecule has 1 saturated heterocycles. The normalized spacial score (nSPS) is 15.2. The average molecular weight is 499 g/mol. The fourth-order valence-corrected chi connectivity index (χ4v) is 6.63. The second-order valence-corrected chi connectivity index (χ2v) is 11.3. The van der Waals surface area contributed by atoms with Crippen molar-refractivity contribution >= 4 is 37.5 Å². The highest BCUT2D eigenvalue weighted by Crippen LogP contribution is 2.31. The summed E-state index contributed by atoms with van der Waals surface area (Å²) in [5.74, 6) is -0.603. The van der Waals surface area contributed by atoms with Crippen molar-refractivity contribution in [2.24, 2.45) is 0 Å². The van der Waals surface area contributed by atoms with E-state index >= 15 is 0 Å². The predicted molar refractivity (Wildman–Crippen MR) is 129 cm³/mol. The van der Waals surface area contributed by atoms with E-state index in [9.17, 15) is 17.6 Å². The first-order valence-electron chi connectivity index (χ1n) is 10.9. The van der Waals surface area contributed by atoms with Gasteiger partial charge >= 0.3 is 0 Å². The molecular weight excluding hydrogens is 475 g/mol. The van der Waals surface area contributed by atoms with Gasteiger partial charge in [0.15, 0.2) is 0 Å². The molecule has 34 heavy (non-hydrogen) atoms. The van der Waals surface area contributed by atoms with Crippen LogP contribution in [0.15, 0.2) is 59.5 Å². The first kappa shape index (κ1) is 22.7. The zero-order valence-corrected chi connectivity index (χ0v) is 20.4. The molecule has 0 atom stereocenters. The zero-order valence-electron chi connectivity index (χ0n) is 18.7. The molecule has 4 aromatic rings. The van der Waals surface area contributed by atoms with Gasteiger partial charge in [-0.25, -0.2) is 17.5 Å². The standard InChI is InChI=1S/C24H23FN4O3S2/c1-16-3-7-19(8-4-16)29-24-21(17(2)26-29)15-22(33-24)23(30)27-11-13-28(14-12-27)34(31,32)20-9-5-18(25)6-10-20/h3-10,15H,11-14H2,1-2H3. The average Bonchev–Trinajstić information content (AvgIpc) is 3.40. The lowest BCUT2D eigenvalue weighted by Gasteiger charge is -2.33. The third-order valence-corrected chi connectivity index (χ3v) is 9.02. The Morgan fingerprint density at radius 1 is 0.971 bits per heavy atom. The molecule has 0 N–H and O–H groups in total. The van der Waals surface area contributed by atoms with E-state index in [1.165, 1.54) is 27.8 Å². The van der Waals surface area contributed by atoms with Gasteiger partial charge in [0.25, 0.3) is 5.91 Å². The Bertz CT molecular complexity index is 1470. The van der Waals surface area contributed by atoms with Crippen molar-refractivity contribution in [2.75, 3.05) is 26.2 Å². The van der Waals surface area contributed by atoms with Crippen molar-refractivity contribution in [1.82, 2.24) is 19.0 Å². The molecule has 2 aromatic carbocycles. The van der Waals surface area contributed by atoms with Gasteiger partial charge in [0.05, 0.1) is 21.2 Å². The maximum absolute atomic E-state index is 13.2. The smallest absolute Gasteiger partial charge is 0.264 e. The van der Waals surface area contributed by atoms with Gasteiger partial charge in [-0.05, 0) is 56.3 Å². The third kappa shape index (κ3) is 4.02. The Labute approximate surface area is 201 Å². The van der Waals surface area contributed by atoms with E-state index in [2.05, 4.69) is 5.10 Å². The lowest BCUT2D eigenvalue weighted by molar-refractivity contribution is 0.0703. The summed E-state index contributed by atoms with van der Waals surface area (Å²) in [7, 11) is -3.73. The number of carbonyl (C=O) groups excluding carboxylic acids is 1. The number of aryl methyl sites for hydroxylation is 2. The number of fused-ring (bicyclic) bond motifs is 1. The Morgan fingerprint density at radius 3 is 2.26 bits per heavy atom. The molecular formula is C24H23FN4O3S2. The first-order valence-corrected chi connectivity index (χ1v) is 13.1. The number of sulfonamides is 1. The molecule has 0 unspecified atom stereocenters. The number of hydrogen-bond acceptors (Lipinski definition) is 5. The molecule has 0 bridgehead atoms. The Hall–Kier alpha value is -3.08. The molecule has 1 amide bonds. The second-order valence-electron chi connectivity index (χ2n) is 8.31. The molecule has 5 rings (SSSR count). The zero-order chi connectivity index (χ0) is 24.0. The minimum atomic E-state index is -3.73. The van der Waals surface area contributed by atoms with Crippen molar-refractivity contribution in [3.05, 3.63) is 76.5 Å². The Kier molecular flexibility index (Phi) is 5.75. The third-order valence-electron chi connectivity index (χ3n) is 6.01. The molecule has 0 saturated carbocycles. The van der Waals surface area contributed by atoms with Gasteiger partial charge in [-0.15, -0.1) is 11.3 Å². The van der Waals surface area contributed by atoms with Crippen molar-refractivity contribution in [1.29, 1.82) is 0 Å². The van der Waals surface area contributed by atoms with Gasteiger partial charge < -0.3 is 4.90 Å². The highest BCUT2D eigenvalue weighted by molar-refractivity contribution is 7.89. The van der Waals surface area contributed by atoms with E-state index < -0.39 is 15.8 Å². The van der Waals surface area contributed by atoms with E-state index in [-0.39, 0.29) is 37.0 Å². The first-order chi connectivity index (χ1) is 16.2. The summed E-state index contributed by atoms with van der Waals surface area (Å²) >= 11 is 1.39. The summed E-state index contributed by atoms with van der Waals surface area (Å²) < 4.78 is 42.1. The minimum Gasteiger partial charge on any atom is -0.335 e. The van der Waals surface area contributed by atoms with E-state index in [0.29, 0.717) is 4.88 Å². The van der Waals surface area contributed by atoms with Gasteiger partial charge in [0, 0.05) is 31.6 Å². The quantitative estimate of drug-likeness (QED) is 0.426. The van der Waals surface area contributed by atoms with Crippen LogP contribution in [0.1, 0.15) is 20.9 Å². The van der Waals surface area contributed by atoms with E-state index in [0.717, 1.165) is 39.3 Å². The molecule has 0 aliphatic carbocycles. The molecule has 1 fully saturated rings. The van der Waals surface area contributed by atoms with Gasteiger partial charge in [-0.1, -0.05) is 17.7 Å². The number of benzene rings is 2. The highest BCUT2D eigenvalue weighted by Gasteiger charge is 2.31. The number of nitrogens with zero attached hydrogens (tertiary/aromatic N) is 4. The number of piperazine rings is 1. The van der Waals surface area contributed by atoms with Crippen LogP contribution in [0.4, 0.5) is 4.39 Å². The van der Waals surface area contributed by atoms with Crippen LogP contribution in [0.2, 0.25) is 0 Å². The van der Waals surface area contributed by atoms with Gasteiger partial charge in [-0.3, -0.25) is 4.79 Å². The van der Waals surface area contributed by atoms with Crippen LogP contribution in [-0.4, -0.2) is 59.5 Å². The molecule has 1 aliphatic heterocycles. The number of carbonyl (C=O) groups is 1. The molecule has 3 heterocycles. The summed E-state index contributed by atoms with van der Waals surface area (Å²) in [5.41, 5.74) is 2.94. The summed E-state index contributed by atoms with van der Waals surface area (Å²) in [6.45, 7) is 4.90. The summed E-state index contributed by atoms with van der Waals surface area (Å²) in [5, 5.41) is 5.58. The van der Waals surface area contributed by atoms with Crippen LogP contribution < -0.4 is 0 Å². The second kappa shape index (κ2) is 8.61. The lowest BCUT2D eigenvalue weighted by Crippen LogP contribution is -2.50. The Balaban J connectivity index is 1.34. The van der Waals surface area contributed by atoms with Gasteiger partial charge in [0.1, 0.15) is 10.6 Å². The van der Waals surface area contributed by atoms with Crippen molar-refractivity contribution in [3.63, 3.8) is 0 Å². The number of thiophene rings is 1. The summed E-state index contributed by atoms with van der Waals surface area (Å²) in [4.78, 5) is 16.5.